The average molecular weight is 239 g/mol. The molecule has 0 amide bonds. The third-order valence-electron chi connectivity index (χ3n) is 2.72. The van der Waals surface area contributed by atoms with Gasteiger partial charge in [0, 0.05) is 6.54 Å². The van der Waals surface area contributed by atoms with Crippen molar-refractivity contribution in [3.8, 4) is 0 Å². The van der Waals surface area contributed by atoms with Gasteiger partial charge >= 0.3 is 5.97 Å². The molecule has 0 aliphatic heterocycles. The fourth-order valence-electron chi connectivity index (χ4n) is 1.66. The molecular weight excluding hydrogens is 218 g/mol. The monoisotopic (exact) mass is 239 g/mol. The second-order valence-corrected chi connectivity index (χ2v) is 4.70. The molecule has 0 spiro atoms. The third-order valence-corrected chi connectivity index (χ3v) is 2.72. The van der Waals surface area contributed by atoms with Gasteiger partial charge in [-0.3, -0.25) is 0 Å². The van der Waals surface area contributed by atoms with Gasteiger partial charge in [0.1, 0.15) is 0 Å². The van der Waals surface area contributed by atoms with Crippen LogP contribution < -0.4 is 0 Å². The van der Waals surface area contributed by atoms with Gasteiger partial charge in [-0.2, -0.15) is 0 Å². The van der Waals surface area contributed by atoms with Crippen molar-refractivity contribution in [3.05, 3.63) is 11.4 Å². The molecule has 5 heteroatoms. The summed E-state index contributed by atoms with van der Waals surface area (Å²) in [5.41, 5.74) is 0.876. The largest absolute Gasteiger partial charge is 0.476 e. The molecule has 0 bridgehead atoms. The smallest absolute Gasteiger partial charge is 0.358 e. The second-order valence-electron chi connectivity index (χ2n) is 4.70. The molecule has 1 rings (SSSR count). The summed E-state index contributed by atoms with van der Waals surface area (Å²) >= 11 is 0. The van der Waals surface area contributed by atoms with E-state index in [1.54, 1.807) is 4.68 Å². The van der Waals surface area contributed by atoms with Gasteiger partial charge in [-0.25, -0.2) is 9.48 Å². The maximum atomic E-state index is 11.0. The van der Waals surface area contributed by atoms with Crippen LogP contribution in [0.2, 0.25) is 0 Å². The van der Waals surface area contributed by atoms with E-state index in [1.165, 1.54) is 0 Å². The number of rotatable bonds is 7. The van der Waals surface area contributed by atoms with Crippen molar-refractivity contribution in [2.75, 3.05) is 0 Å². The fourth-order valence-corrected chi connectivity index (χ4v) is 1.66. The summed E-state index contributed by atoms with van der Waals surface area (Å²) in [6.07, 6.45) is 3.75. The van der Waals surface area contributed by atoms with Crippen molar-refractivity contribution in [2.24, 2.45) is 5.92 Å². The summed E-state index contributed by atoms with van der Waals surface area (Å²) in [7, 11) is 0. The fraction of sp³-hybridized carbons (Fsp3) is 0.750. The minimum absolute atomic E-state index is 0.113. The molecule has 0 radical (unpaired) electrons. The maximum absolute atomic E-state index is 11.0. The lowest BCUT2D eigenvalue weighted by Gasteiger charge is -2.08. The van der Waals surface area contributed by atoms with Gasteiger partial charge in [-0.15, -0.1) is 5.10 Å². The number of carboxylic acids is 1. The molecule has 96 valence electrons. The molecule has 5 nitrogen and oxygen atoms in total. The number of carbonyl (C=O) groups is 1. The highest BCUT2D eigenvalue weighted by atomic mass is 16.4. The third kappa shape index (κ3) is 3.84. The molecule has 1 N–H and O–H groups in total. The minimum Gasteiger partial charge on any atom is -0.476 e. The van der Waals surface area contributed by atoms with Crippen molar-refractivity contribution in [3.63, 3.8) is 0 Å². The zero-order chi connectivity index (χ0) is 12.8. The highest BCUT2D eigenvalue weighted by Gasteiger charge is 2.18. The number of aromatic carboxylic acids is 1. The van der Waals surface area contributed by atoms with E-state index < -0.39 is 5.97 Å². The molecular formula is C12H21N3O2. The Morgan fingerprint density at radius 2 is 2.18 bits per heavy atom. The lowest BCUT2D eigenvalue weighted by molar-refractivity contribution is 0.0689. The Balaban J connectivity index is 2.85. The van der Waals surface area contributed by atoms with E-state index in [1.807, 2.05) is 0 Å². The van der Waals surface area contributed by atoms with Crippen LogP contribution in [0.25, 0.3) is 0 Å². The normalized spacial score (nSPS) is 11.1. The van der Waals surface area contributed by atoms with E-state index in [2.05, 4.69) is 31.1 Å². The van der Waals surface area contributed by atoms with E-state index in [9.17, 15) is 4.79 Å². The van der Waals surface area contributed by atoms with Gasteiger partial charge in [0.15, 0.2) is 5.69 Å². The van der Waals surface area contributed by atoms with Crippen molar-refractivity contribution >= 4 is 5.97 Å². The predicted molar refractivity (Wildman–Crippen MR) is 65.0 cm³/mol. The van der Waals surface area contributed by atoms with Crippen LogP contribution in [0.4, 0.5) is 0 Å². The van der Waals surface area contributed by atoms with Crippen LogP contribution in [0.5, 0.6) is 0 Å². The summed E-state index contributed by atoms with van der Waals surface area (Å²) in [4.78, 5) is 11.0. The van der Waals surface area contributed by atoms with Crippen LogP contribution >= 0.6 is 0 Å². The van der Waals surface area contributed by atoms with Crippen LogP contribution in [0.3, 0.4) is 0 Å². The van der Waals surface area contributed by atoms with E-state index in [0.29, 0.717) is 5.92 Å². The average Bonchev–Trinajstić information content (AvgIpc) is 2.66. The van der Waals surface area contributed by atoms with Crippen molar-refractivity contribution in [2.45, 2.75) is 53.0 Å². The van der Waals surface area contributed by atoms with Crippen LogP contribution in [0.15, 0.2) is 0 Å². The molecule has 17 heavy (non-hydrogen) atoms. The van der Waals surface area contributed by atoms with Crippen LogP contribution in [-0.4, -0.2) is 26.1 Å². The zero-order valence-corrected chi connectivity index (χ0v) is 10.8. The Hall–Kier alpha value is -1.39. The maximum Gasteiger partial charge on any atom is 0.358 e. The summed E-state index contributed by atoms with van der Waals surface area (Å²) in [5, 5.41) is 16.8. The van der Waals surface area contributed by atoms with Crippen molar-refractivity contribution < 1.29 is 9.90 Å². The summed E-state index contributed by atoms with van der Waals surface area (Å²) < 4.78 is 1.75. The number of aryl methyl sites for hydroxylation is 1. The van der Waals surface area contributed by atoms with Gasteiger partial charge in [0.05, 0.1) is 5.69 Å². The Morgan fingerprint density at radius 1 is 1.47 bits per heavy atom. The molecule has 0 aliphatic rings. The van der Waals surface area contributed by atoms with E-state index in [4.69, 9.17) is 5.11 Å². The molecule has 0 saturated carbocycles. The summed E-state index contributed by atoms with van der Waals surface area (Å²) in [5.74, 6) is -0.433. The van der Waals surface area contributed by atoms with Gasteiger partial charge in [0.25, 0.3) is 0 Å². The first-order valence-electron chi connectivity index (χ1n) is 6.21. The van der Waals surface area contributed by atoms with Crippen LogP contribution in [0.1, 0.15) is 56.2 Å². The quantitative estimate of drug-likeness (QED) is 0.793. The summed E-state index contributed by atoms with van der Waals surface area (Å²) in [6.45, 7) is 7.11. The van der Waals surface area contributed by atoms with Crippen LogP contribution in [-0.2, 0) is 13.0 Å². The van der Waals surface area contributed by atoms with Gasteiger partial charge in [-0.05, 0) is 25.2 Å². The van der Waals surface area contributed by atoms with E-state index in [0.717, 1.165) is 37.9 Å². The van der Waals surface area contributed by atoms with Gasteiger partial charge in [0.2, 0.25) is 0 Å². The molecule has 1 heterocycles. The SMILES string of the molecule is CCCCn1nnc(C(=O)O)c1CCC(C)C. The molecule has 0 aliphatic carbocycles. The van der Waals surface area contributed by atoms with Crippen molar-refractivity contribution in [1.29, 1.82) is 0 Å². The lowest BCUT2D eigenvalue weighted by Crippen LogP contribution is -2.09. The number of hydrogen-bond donors (Lipinski definition) is 1. The number of carboxylic acid groups (broad SMARTS) is 1. The Kier molecular flexibility index (Phi) is 5.12. The standard InChI is InChI=1S/C12H21N3O2/c1-4-5-8-15-10(7-6-9(2)3)11(12(16)17)13-14-15/h9H,4-8H2,1-3H3,(H,16,17). The highest BCUT2D eigenvalue weighted by Crippen LogP contribution is 2.13. The zero-order valence-electron chi connectivity index (χ0n) is 10.8. The Labute approximate surface area is 102 Å². The highest BCUT2D eigenvalue weighted by molar-refractivity contribution is 5.86. The first-order chi connectivity index (χ1) is 8.06. The van der Waals surface area contributed by atoms with Gasteiger partial charge in [-0.1, -0.05) is 32.4 Å². The number of unbranched alkanes of at least 4 members (excludes halogenated alkanes) is 1. The van der Waals surface area contributed by atoms with E-state index >= 15 is 0 Å². The lowest BCUT2D eigenvalue weighted by atomic mass is 10.1. The number of nitrogens with zero attached hydrogens (tertiary/aromatic N) is 3. The summed E-state index contributed by atoms with van der Waals surface area (Å²) in [6, 6.07) is 0. The predicted octanol–water partition coefficient (Wildman–Crippen LogP) is 2.37. The Morgan fingerprint density at radius 3 is 2.71 bits per heavy atom. The first-order valence-corrected chi connectivity index (χ1v) is 6.21. The molecule has 0 fully saturated rings. The number of aromatic nitrogens is 3. The molecule has 0 saturated heterocycles. The molecule has 1 aromatic heterocycles. The topological polar surface area (TPSA) is 68.0 Å². The van der Waals surface area contributed by atoms with Gasteiger partial charge < -0.3 is 5.11 Å². The molecule has 0 atom stereocenters. The first kappa shape index (κ1) is 13.7. The Bertz CT molecular complexity index is 372. The number of hydrogen-bond acceptors (Lipinski definition) is 3. The van der Waals surface area contributed by atoms with E-state index in [-0.39, 0.29) is 5.69 Å². The second kappa shape index (κ2) is 6.37. The minimum atomic E-state index is -0.980. The molecule has 0 aromatic carbocycles. The van der Waals surface area contributed by atoms with Crippen LogP contribution in [0, 0.1) is 5.92 Å². The molecule has 1 aromatic rings. The van der Waals surface area contributed by atoms with Crippen molar-refractivity contribution in [1.82, 2.24) is 15.0 Å². The molecule has 0 unspecified atom stereocenters.